The predicted molar refractivity (Wildman–Crippen MR) is 107 cm³/mol. The van der Waals surface area contributed by atoms with Crippen molar-refractivity contribution in [3.05, 3.63) is 78.2 Å². The normalized spacial score (nSPS) is 10.5. The van der Waals surface area contributed by atoms with Crippen LogP contribution in [0.3, 0.4) is 0 Å². The van der Waals surface area contributed by atoms with E-state index in [1.807, 2.05) is 62.4 Å². The summed E-state index contributed by atoms with van der Waals surface area (Å²) in [6, 6.07) is 15.4. The smallest absolute Gasteiger partial charge is 0.261 e. The molecule has 3 aromatic rings. The molecule has 1 aromatic heterocycles. The number of rotatable bonds is 8. The molecule has 0 radical (unpaired) electrons. The van der Waals surface area contributed by atoms with Crippen LogP contribution >= 0.6 is 0 Å². The lowest BCUT2D eigenvalue weighted by atomic mass is 10.1. The molecular weight excluding hydrogens is 354 g/mol. The van der Waals surface area contributed by atoms with Gasteiger partial charge < -0.3 is 14.2 Å². The van der Waals surface area contributed by atoms with Gasteiger partial charge in [0.05, 0.1) is 0 Å². The number of carbonyl (C=O) groups excluding carboxylic acids is 1. The summed E-state index contributed by atoms with van der Waals surface area (Å²) in [7, 11) is 0. The van der Waals surface area contributed by atoms with E-state index in [2.05, 4.69) is 16.7 Å². The van der Waals surface area contributed by atoms with Gasteiger partial charge in [0, 0.05) is 12.1 Å². The van der Waals surface area contributed by atoms with Crippen LogP contribution in [0.2, 0.25) is 0 Å². The van der Waals surface area contributed by atoms with E-state index in [1.54, 1.807) is 11.0 Å². The zero-order valence-corrected chi connectivity index (χ0v) is 16.1. The molecule has 6 nitrogen and oxygen atoms in total. The number of nitrogens with zero attached hydrogens (tertiary/aromatic N) is 3. The van der Waals surface area contributed by atoms with Crippen molar-refractivity contribution in [2.75, 3.05) is 13.2 Å². The summed E-state index contributed by atoms with van der Waals surface area (Å²) in [5, 5.41) is 4.02. The third kappa shape index (κ3) is 5.07. The molecule has 6 heteroatoms. The molecule has 0 N–H and O–H groups in total. The van der Waals surface area contributed by atoms with Gasteiger partial charge in [0.25, 0.3) is 5.91 Å². The summed E-state index contributed by atoms with van der Waals surface area (Å²) in [5.74, 6) is 1.34. The van der Waals surface area contributed by atoms with Crippen molar-refractivity contribution < 1.29 is 14.1 Å². The van der Waals surface area contributed by atoms with Gasteiger partial charge in [-0.2, -0.15) is 4.98 Å². The van der Waals surface area contributed by atoms with E-state index < -0.39 is 0 Å². The Hall–Kier alpha value is -3.41. The highest BCUT2D eigenvalue weighted by Gasteiger charge is 2.18. The third-order valence-electron chi connectivity index (χ3n) is 4.12. The van der Waals surface area contributed by atoms with Crippen LogP contribution in [0.15, 0.2) is 65.7 Å². The highest BCUT2D eigenvalue weighted by Crippen LogP contribution is 2.18. The molecule has 0 fully saturated rings. The van der Waals surface area contributed by atoms with Gasteiger partial charge in [-0.15, -0.1) is 6.58 Å². The Kier molecular flexibility index (Phi) is 6.22. The lowest BCUT2D eigenvalue weighted by Crippen LogP contribution is -2.34. The van der Waals surface area contributed by atoms with Crippen molar-refractivity contribution in [1.29, 1.82) is 0 Å². The number of aromatic nitrogens is 2. The average molecular weight is 377 g/mol. The number of benzene rings is 2. The first-order chi connectivity index (χ1) is 13.5. The van der Waals surface area contributed by atoms with Crippen LogP contribution in [0.25, 0.3) is 11.4 Å². The SMILES string of the molecule is C=CCN(Cc1nc(-c2cccc(C)c2)no1)C(=O)COc1cccc(C)c1. The summed E-state index contributed by atoms with van der Waals surface area (Å²) in [6.45, 7) is 8.17. The highest BCUT2D eigenvalue weighted by atomic mass is 16.5. The number of hydrogen-bond donors (Lipinski definition) is 0. The first kappa shape index (κ1) is 19.4. The molecular formula is C22H23N3O3. The third-order valence-corrected chi connectivity index (χ3v) is 4.12. The molecule has 1 amide bonds. The molecule has 0 unspecified atom stereocenters. The minimum Gasteiger partial charge on any atom is -0.484 e. The molecule has 0 aliphatic rings. The fraction of sp³-hybridized carbons (Fsp3) is 0.227. The topological polar surface area (TPSA) is 68.5 Å². The molecule has 0 aliphatic heterocycles. The molecule has 0 saturated heterocycles. The summed E-state index contributed by atoms with van der Waals surface area (Å²) < 4.78 is 10.9. The Morgan fingerprint density at radius 3 is 2.64 bits per heavy atom. The van der Waals surface area contributed by atoms with Crippen molar-refractivity contribution >= 4 is 5.91 Å². The monoisotopic (exact) mass is 377 g/mol. The molecule has 0 spiro atoms. The van der Waals surface area contributed by atoms with Crippen LogP contribution in [0.5, 0.6) is 5.75 Å². The highest BCUT2D eigenvalue weighted by molar-refractivity contribution is 5.77. The van der Waals surface area contributed by atoms with Gasteiger partial charge in [-0.25, -0.2) is 0 Å². The number of ether oxygens (including phenoxy) is 1. The van der Waals surface area contributed by atoms with E-state index >= 15 is 0 Å². The van der Waals surface area contributed by atoms with Crippen LogP contribution < -0.4 is 4.74 Å². The predicted octanol–water partition coefficient (Wildman–Crippen LogP) is 3.95. The van der Waals surface area contributed by atoms with Gasteiger partial charge in [-0.1, -0.05) is 47.1 Å². The Bertz CT molecular complexity index is 965. The maximum absolute atomic E-state index is 12.6. The average Bonchev–Trinajstić information content (AvgIpc) is 3.14. The van der Waals surface area contributed by atoms with Crippen molar-refractivity contribution in [3.8, 4) is 17.1 Å². The molecule has 144 valence electrons. The second-order valence-electron chi connectivity index (χ2n) is 6.55. The Balaban J connectivity index is 1.65. The van der Waals surface area contributed by atoms with Gasteiger partial charge in [0.1, 0.15) is 12.3 Å². The quantitative estimate of drug-likeness (QED) is 0.556. The Labute approximate surface area is 164 Å². The lowest BCUT2D eigenvalue weighted by molar-refractivity contribution is -0.133. The Morgan fingerprint density at radius 2 is 1.93 bits per heavy atom. The fourth-order valence-electron chi connectivity index (χ4n) is 2.74. The van der Waals surface area contributed by atoms with Gasteiger partial charge in [0.2, 0.25) is 11.7 Å². The number of hydrogen-bond acceptors (Lipinski definition) is 5. The molecule has 1 heterocycles. The zero-order valence-electron chi connectivity index (χ0n) is 16.1. The van der Waals surface area contributed by atoms with Crippen molar-refractivity contribution in [2.24, 2.45) is 0 Å². The van der Waals surface area contributed by atoms with E-state index in [1.165, 1.54) is 0 Å². The number of carbonyl (C=O) groups is 1. The van der Waals surface area contributed by atoms with Crippen molar-refractivity contribution in [2.45, 2.75) is 20.4 Å². The van der Waals surface area contributed by atoms with Gasteiger partial charge >= 0.3 is 0 Å². The van der Waals surface area contributed by atoms with E-state index in [-0.39, 0.29) is 19.1 Å². The summed E-state index contributed by atoms with van der Waals surface area (Å²) in [6.07, 6.45) is 1.66. The lowest BCUT2D eigenvalue weighted by Gasteiger charge is -2.19. The molecule has 0 bridgehead atoms. The van der Waals surface area contributed by atoms with Crippen LogP contribution in [0.4, 0.5) is 0 Å². The van der Waals surface area contributed by atoms with E-state index in [0.717, 1.165) is 16.7 Å². The van der Waals surface area contributed by atoms with Gasteiger partial charge in [-0.3, -0.25) is 4.79 Å². The zero-order chi connectivity index (χ0) is 19.9. The largest absolute Gasteiger partial charge is 0.484 e. The second-order valence-corrected chi connectivity index (χ2v) is 6.55. The summed E-state index contributed by atoms with van der Waals surface area (Å²) in [4.78, 5) is 18.6. The minimum atomic E-state index is -0.184. The van der Waals surface area contributed by atoms with Crippen LogP contribution in [-0.2, 0) is 11.3 Å². The standard InChI is InChI=1S/C22H23N3O3/c1-4-11-25(21(26)15-27-19-10-6-8-17(3)13-19)14-20-23-22(24-28-20)18-9-5-7-16(2)12-18/h4-10,12-13H,1,11,14-15H2,2-3H3. The minimum absolute atomic E-state index is 0.0732. The van der Waals surface area contributed by atoms with Gasteiger partial charge in [0.15, 0.2) is 6.61 Å². The first-order valence-corrected chi connectivity index (χ1v) is 9.03. The van der Waals surface area contributed by atoms with Crippen LogP contribution in [0, 0.1) is 13.8 Å². The Morgan fingerprint density at radius 1 is 1.18 bits per heavy atom. The van der Waals surface area contributed by atoms with Crippen molar-refractivity contribution in [3.63, 3.8) is 0 Å². The molecule has 0 aliphatic carbocycles. The van der Waals surface area contributed by atoms with Crippen LogP contribution in [0.1, 0.15) is 17.0 Å². The van der Waals surface area contributed by atoms with Gasteiger partial charge in [-0.05, 0) is 37.6 Å². The van der Waals surface area contributed by atoms with Crippen LogP contribution in [-0.4, -0.2) is 34.1 Å². The number of aryl methyl sites for hydroxylation is 2. The van der Waals surface area contributed by atoms with E-state index in [9.17, 15) is 4.79 Å². The molecule has 3 rings (SSSR count). The second kappa shape index (κ2) is 8.99. The summed E-state index contributed by atoms with van der Waals surface area (Å²) in [5.41, 5.74) is 3.06. The number of amides is 1. The molecule has 0 saturated carbocycles. The molecule has 0 atom stereocenters. The fourth-order valence-corrected chi connectivity index (χ4v) is 2.74. The van der Waals surface area contributed by atoms with Crippen molar-refractivity contribution in [1.82, 2.24) is 15.0 Å². The molecule has 2 aromatic carbocycles. The maximum atomic E-state index is 12.6. The van der Waals surface area contributed by atoms with E-state index in [0.29, 0.717) is 24.0 Å². The summed E-state index contributed by atoms with van der Waals surface area (Å²) >= 11 is 0. The van der Waals surface area contributed by atoms with E-state index in [4.69, 9.17) is 9.26 Å². The maximum Gasteiger partial charge on any atom is 0.261 e. The molecule has 28 heavy (non-hydrogen) atoms. The first-order valence-electron chi connectivity index (χ1n) is 9.03.